The van der Waals surface area contributed by atoms with E-state index in [1.807, 2.05) is 0 Å². The van der Waals surface area contributed by atoms with Crippen molar-refractivity contribution in [1.82, 2.24) is 10.6 Å². The molecule has 0 aliphatic heterocycles. The van der Waals surface area contributed by atoms with Crippen LogP contribution < -0.4 is 39.3 Å². The molecular weight excluding hydrogens is 446 g/mol. The molecule has 0 aromatic heterocycles. The first-order valence-corrected chi connectivity index (χ1v) is 12.0. The highest BCUT2D eigenvalue weighted by Gasteiger charge is 2.19. The lowest BCUT2D eigenvalue weighted by Gasteiger charge is -2.21. The topological polar surface area (TPSA) is 233 Å². The van der Waals surface area contributed by atoms with E-state index in [0.717, 1.165) is 38.5 Å². The smallest absolute Gasteiger partial charge is 0.407 e. The van der Waals surface area contributed by atoms with Gasteiger partial charge in [0.05, 0.1) is 12.1 Å². The molecule has 0 aliphatic carbocycles. The summed E-state index contributed by atoms with van der Waals surface area (Å²) in [5, 5.41) is 5.35. The van der Waals surface area contributed by atoms with Gasteiger partial charge in [-0.25, -0.2) is 14.4 Å². The van der Waals surface area contributed by atoms with Gasteiger partial charge in [0.25, 0.3) is 0 Å². The summed E-state index contributed by atoms with van der Waals surface area (Å²) in [7, 11) is 0. The Bertz CT molecular complexity index is 556. The van der Waals surface area contributed by atoms with Crippen molar-refractivity contribution in [2.45, 2.75) is 75.9 Å². The number of hydrogen-bond acceptors (Lipinski definition) is 10. The largest absolute Gasteiger partial charge is 0.448 e. The molecule has 3 atom stereocenters. The zero-order chi connectivity index (χ0) is 25.6. The summed E-state index contributed by atoms with van der Waals surface area (Å²) >= 11 is 0. The summed E-state index contributed by atoms with van der Waals surface area (Å²) in [6.07, 6.45) is 4.25. The number of primary amides is 1. The second kappa shape index (κ2) is 21.2. The van der Waals surface area contributed by atoms with Crippen LogP contribution in [0.15, 0.2) is 0 Å². The van der Waals surface area contributed by atoms with Crippen molar-refractivity contribution in [2.24, 2.45) is 28.7 Å². The van der Waals surface area contributed by atoms with E-state index in [2.05, 4.69) is 10.6 Å². The normalized spacial score (nSPS) is 13.4. The van der Waals surface area contributed by atoms with E-state index in [-0.39, 0.29) is 25.9 Å². The van der Waals surface area contributed by atoms with Gasteiger partial charge in [-0.1, -0.05) is 19.3 Å². The van der Waals surface area contributed by atoms with Gasteiger partial charge < -0.3 is 53.5 Å². The average molecular weight is 492 g/mol. The van der Waals surface area contributed by atoms with Crippen LogP contribution in [0, 0.1) is 0 Å². The van der Waals surface area contributed by atoms with Gasteiger partial charge in [-0.2, -0.15) is 0 Å². The summed E-state index contributed by atoms with van der Waals surface area (Å²) in [4.78, 5) is 35.3. The predicted molar refractivity (Wildman–Crippen MR) is 129 cm³/mol. The molecule has 0 spiro atoms. The van der Waals surface area contributed by atoms with Crippen molar-refractivity contribution in [2.75, 3.05) is 39.5 Å². The predicted octanol–water partition coefficient (Wildman–Crippen LogP) is -0.0144. The van der Waals surface area contributed by atoms with Crippen LogP contribution in [0.5, 0.6) is 0 Å². The van der Waals surface area contributed by atoms with Crippen molar-refractivity contribution < 1.29 is 28.6 Å². The molecule has 0 aromatic rings. The first-order valence-electron chi connectivity index (χ1n) is 12.0. The minimum atomic E-state index is -0.930. The van der Waals surface area contributed by atoms with E-state index >= 15 is 0 Å². The highest BCUT2D eigenvalue weighted by Crippen LogP contribution is 2.05. The highest BCUT2D eigenvalue weighted by atomic mass is 16.6. The van der Waals surface area contributed by atoms with Crippen molar-refractivity contribution >= 4 is 18.3 Å². The molecule has 13 nitrogen and oxygen atoms in total. The molecule has 3 amide bonds. The molecule has 0 radical (unpaired) electrons. The molecule has 0 aliphatic rings. The number of hydrogen-bond donors (Lipinski definition) is 7. The Labute approximate surface area is 202 Å². The Kier molecular flexibility index (Phi) is 19.7. The third kappa shape index (κ3) is 19.1. The van der Waals surface area contributed by atoms with Crippen LogP contribution >= 0.6 is 0 Å². The molecule has 34 heavy (non-hydrogen) atoms. The van der Waals surface area contributed by atoms with Gasteiger partial charge in [0, 0.05) is 6.04 Å². The van der Waals surface area contributed by atoms with Gasteiger partial charge in [0.15, 0.2) is 0 Å². The maximum atomic E-state index is 12.3. The number of ether oxygens (including phenoxy) is 3. The number of nitrogens with one attached hydrogen (secondary N) is 2. The fourth-order valence-corrected chi connectivity index (χ4v) is 3.06. The molecule has 0 heterocycles. The van der Waals surface area contributed by atoms with Crippen molar-refractivity contribution in [3.8, 4) is 0 Å². The summed E-state index contributed by atoms with van der Waals surface area (Å²) in [5.74, 6) is 0. The van der Waals surface area contributed by atoms with Gasteiger partial charge in [0.1, 0.15) is 19.8 Å². The molecular formula is C21H45N7O6. The minimum Gasteiger partial charge on any atom is -0.448 e. The van der Waals surface area contributed by atoms with Crippen LogP contribution in [0.3, 0.4) is 0 Å². The second-order valence-corrected chi connectivity index (χ2v) is 8.12. The fourth-order valence-electron chi connectivity index (χ4n) is 3.06. The molecule has 0 rings (SSSR count). The first-order chi connectivity index (χ1) is 16.3. The summed E-state index contributed by atoms with van der Waals surface area (Å²) in [6.45, 7) is 1.56. The number of carbonyl (C=O) groups is 3. The number of amides is 3. The Hall–Kier alpha value is -2.35. The fraction of sp³-hybridized carbons (Fsp3) is 0.857. The lowest BCUT2D eigenvalue weighted by molar-refractivity contribution is 0.104. The Balaban J connectivity index is 4.61. The number of nitrogens with two attached hydrogens (primary N) is 5. The first kappa shape index (κ1) is 31.6. The van der Waals surface area contributed by atoms with Crippen molar-refractivity contribution in [3.05, 3.63) is 0 Å². The third-order valence-electron chi connectivity index (χ3n) is 4.96. The van der Waals surface area contributed by atoms with Crippen molar-refractivity contribution in [3.63, 3.8) is 0 Å². The van der Waals surface area contributed by atoms with Crippen molar-refractivity contribution in [1.29, 1.82) is 0 Å². The van der Waals surface area contributed by atoms with Gasteiger partial charge in [0.2, 0.25) is 0 Å². The van der Waals surface area contributed by atoms with Crippen LogP contribution in [0.4, 0.5) is 14.4 Å². The number of unbranched alkanes of at least 4 members (excludes halogenated alkanes) is 3. The van der Waals surface area contributed by atoms with E-state index in [4.69, 9.17) is 42.9 Å². The van der Waals surface area contributed by atoms with Crippen LogP contribution in [-0.2, 0) is 14.2 Å². The van der Waals surface area contributed by atoms with E-state index < -0.39 is 30.4 Å². The van der Waals surface area contributed by atoms with Gasteiger partial charge in [-0.15, -0.1) is 0 Å². The zero-order valence-electron chi connectivity index (χ0n) is 20.2. The van der Waals surface area contributed by atoms with Crippen LogP contribution in [-0.4, -0.2) is 75.9 Å². The maximum absolute atomic E-state index is 12.3. The molecule has 13 heteroatoms. The monoisotopic (exact) mass is 491 g/mol. The number of carbonyl (C=O) groups excluding carboxylic acids is 3. The molecule has 0 saturated heterocycles. The third-order valence-corrected chi connectivity index (χ3v) is 4.96. The molecule has 0 aromatic carbocycles. The Morgan fingerprint density at radius 3 is 1.47 bits per heavy atom. The van der Waals surface area contributed by atoms with E-state index in [0.29, 0.717) is 38.9 Å². The Morgan fingerprint density at radius 2 is 1.03 bits per heavy atom. The van der Waals surface area contributed by atoms with Gasteiger partial charge >= 0.3 is 18.3 Å². The van der Waals surface area contributed by atoms with Crippen LogP contribution in [0.1, 0.15) is 57.8 Å². The van der Waals surface area contributed by atoms with Crippen LogP contribution in [0.2, 0.25) is 0 Å². The SMILES string of the molecule is NCCCC[C@@H](N)COC(=O)N[C@@H](CCCCN)COC(=O)N[C@@H](CCCCN)COC(N)=O. The van der Waals surface area contributed by atoms with E-state index in [9.17, 15) is 14.4 Å². The number of alkyl carbamates (subject to hydrolysis) is 2. The summed E-state index contributed by atoms with van der Waals surface area (Å²) in [6, 6.07) is -1.20. The zero-order valence-corrected chi connectivity index (χ0v) is 20.2. The molecule has 0 bridgehead atoms. The molecule has 0 saturated carbocycles. The Morgan fingerprint density at radius 1 is 0.618 bits per heavy atom. The second-order valence-electron chi connectivity index (χ2n) is 8.12. The molecule has 200 valence electrons. The van der Waals surface area contributed by atoms with Gasteiger partial charge in [-0.05, 0) is 58.2 Å². The molecule has 12 N–H and O–H groups in total. The van der Waals surface area contributed by atoms with Crippen LogP contribution in [0.25, 0.3) is 0 Å². The molecule has 0 unspecified atom stereocenters. The lowest BCUT2D eigenvalue weighted by atomic mass is 10.1. The quantitative estimate of drug-likeness (QED) is 0.0888. The summed E-state index contributed by atoms with van der Waals surface area (Å²) < 4.78 is 15.3. The molecule has 0 fully saturated rings. The standard InChI is InChI=1S/C21H45N7O6/c22-10-4-1-7-16(25)13-33-20(30)28-18(9-3-6-12-24)15-34-21(31)27-17(8-2-5-11-23)14-32-19(26)29/h16-18H,1-15,22-25H2,(H2,26,29)(H,27,31)(H,28,30)/t16-,17+,18+/m1/s1. The number of rotatable bonds is 20. The highest BCUT2D eigenvalue weighted by molar-refractivity contribution is 5.69. The van der Waals surface area contributed by atoms with E-state index in [1.165, 1.54) is 0 Å². The lowest BCUT2D eigenvalue weighted by Crippen LogP contribution is -2.44. The maximum Gasteiger partial charge on any atom is 0.407 e. The minimum absolute atomic E-state index is 0.0692. The van der Waals surface area contributed by atoms with E-state index in [1.54, 1.807) is 0 Å². The van der Waals surface area contributed by atoms with Gasteiger partial charge in [-0.3, -0.25) is 0 Å². The summed E-state index contributed by atoms with van der Waals surface area (Å²) in [5.41, 5.74) is 27.4. The average Bonchev–Trinajstić information content (AvgIpc) is 2.79.